The Hall–Kier alpha value is -0.880. The fraction of sp³-hybridized carbons (Fsp3) is 0.700. The Balaban J connectivity index is 2.45. The molecule has 1 heterocycles. The molecule has 1 aromatic heterocycles. The van der Waals surface area contributed by atoms with Crippen molar-refractivity contribution in [2.24, 2.45) is 5.92 Å². The lowest BCUT2D eigenvalue weighted by atomic mass is 10.2. The third kappa shape index (κ3) is 4.32. The molecule has 0 fully saturated rings. The molecule has 0 bridgehead atoms. The summed E-state index contributed by atoms with van der Waals surface area (Å²) >= 11 is 0. The van der Waals surface area contributed by atoms with Crippen molar-refractivity contribution < 1.29 is 8.42 Å². The zero-order valence-corrected chi connectivity index (χ0v) is 10.8. The molecule has 0 saturated carbocycles. The van der Waals surface area contributed by atoms with Crippen molar-refractivity contribution >= 4 is 10.0 Å². The van der Waals surface area contributed by atoms with Gasteiger partial charge in [-0.25, -0.2) is 13.1 Å². The van der Waals surface area contributed by atoms with Gasteiger partial charge < -0.3 is 0 Å². The molecule has 0 aliphatic heterocycles. The van der Waals surface area contributed by atoms with Crippen molar-refractivity contribution in [3.8, 4) is 0 Å². The van der Waals surface area contributed by atoms with E-state index in [2.05, 4.69) is 14.9 Å². The molecule has 0 spiro atoms. The normalized spacial score (nSPS) is 12.2. The number of aryl methyl sites for hydroxylation is 1. The van der Waals surface area contributed by atoms with E-state index in [1.54, 1.807) is 6.20 Å². The Kier molecular flexibility index (Phi) is 4.49. The predicted molar refractivity (Wildman–Crippen MR) is 63.4 cm³/mol. The van der Waals surface area contributed by atoms with Gasteiger partial charge in [0.1, 0.15) is 0 Å². The summed E-state index contributed by atoms with van der Waals surface area (Å²) in [4.78, 5) is 0. The molecule has 16 heavy (non-hydrogen) atoms. The van der Waals surface area contributed by atoms with Gasteiger partial charge in [0, 0.05) is 17.8 Å². The molecule has 92 valence electrons. The number of aromatic nitrogens is 2. The van der Waals surface area contributed by atoms with Gasteiger partial charge in [-0.3, -0.25) is 5.10 Å². The molecule has 5 nitrogen and oxygen atoms in total. The van der Waals surface area contributed by atoms with Crippen molar-refractivity contribution in [2.45, 2.75) is 33.7 Å². The van der Waals surface area contributed by atoms with Gasteiger partial charge >= 0.3 is 0 Å². The van der Waals surface area contributed by atoms with E-state index in [9.17, 15) is 8.42 Å². The number of sulfonamides is 1. The van der Waals surface area contributed by atoms with Crippen molar-refractivity contribution in [1.29, 1.82) is 0 Å². The van der Waals surface area contributed by atoms with Crippen LogP contribution in [0.5, 0.6) is 0 Å². The van der Waals surface area contributed by atoms with Crippen molar-refractivity contribution in [2.75, 3.05) is 5.75 Å². The van der Waals surface area contributed by atoms with Crippen LogP contribution in [0, 0.1) is 12.8 Å². The maximum Gasteiger partial charge on any atom is 0.211 e. The molecule has 0 saturated heterocycles. The van der Waals surface area contributed by atoms with E-state index in [4.69, 9.17) is 0 Å². The number of nitrogens with one attached hydrogen (secondary N) is 2. The molecule has 0 aliphatic rings. The van der Waals surface area contributed by atoms with E-state index in [1.807, 2.05) is 20.8 Å². The maximum atomic E-state index is 11.6. The number of nitrogens with zero attached hydrogens (tertiary/aromatic N) is 1. The zero-order chi connectivity index (χ0) is 12.2. The third-order valence-corrected chi connectivity index (χ3v) is 3.74. The molecular weight excluding hydrogens is 226 g/mol. The minimum Gasteiger partial charge on any atom is -0.283 e. The lowest BCUT2D eigenvalue weighted by molar-refractivity contribution is 0.561. The summed E-state index contributed by atoms with van der Waals surface area (Å²) in [6.45, 7) is 6.19. The van der Waals surface area contributed by atoms with Crippen LogP contribution in [0.1, 0.15) is 31.5 Å². The highest BCUT2D eigenvalue weighted by Crippen LogP contribution is 2.05. The standard InChI is InChI=1S/C10H19N3O2S/c1-8(2)4-5-16(14,15)12-7-10-6-11-13-9(10)3/h6,8,12H,4-5,7H2,1-3H3,(H,11,13). The quantitative estimate of drug-likeness (QED) is 0.790. The molecule has 1 rings (SSSR count). The fourth-order valence-corrected chi connectivity index (χ4v) is 2.51. The first kappa shape index (κ1) is 13.2. The van der Waals surface area contributed by atoms with Gasteiger partial charge in [-0.2, -0.15) is 5.10 Å². The predicted octanol–water partition coefficient (Wildman–Crippen LogP) is 1.18. The molecule has 1 aromatic rings. The molecule has 2 N–H and O–H groups in total. The highest BCUT2D eigenvalue weighted by Gasteiger charge is 2.11. The van der Waals surface area contributed by atoms with E-state index in [1.165, 1.54) is 0 Å². The van der Waals surface area contributed by atoms with Crippen LogP contribution in [0.15, 0.2) is 6.20 Å². The summed E-state index contributed by atoms with van der Waals surface area (Å²) in [5.41, 5.74) is 1.78. The average molecular weight is 245 g/mol. The van der Waals surface area contributed by atoms with E-state index >= 15 is 0 Å². The Morgan fingerprint density at radius 3 is 2.69 bits per heavy atom. The minimum atomic E-state index is -3.16. The first-order valence-electron chi connectivity index (χ1n) is 5.37. The van der Waals surface area contributed by atoms with Crippen molar-refractivity contribution in [3.05, 3.63) is 17.5 Å². The lowest BCUT2D eigenvalue weighted by Gasteiger charge is -2.07. The summed E-state index contributed by atoms with van der Waals surface area (Å²) < 4.78 is 25.8. The zero-order valence-electron chi connectivity index (χ0n) is 9.95. The Bertz CT molecular complexity index is 423. The van der Waals surface area contributed by atoms with Gasteiger partial charge in [-0.15, -0.1) is 0 Å². The van der Waals surface area contributed by atoms with E-state index in [0.717, 1.165) is 11.3 Å². The summed E-state index contributed by atoms with van der Waals surface area (Å²) in [5, 5.41) is 6.61. The van der Waals surface area contributed by atoms with E-state index in [-0.39, 0.29) is 5.75 Å². The number of H-pyrrole nitrogens is 1. The van der Waals surface area contributed by atoms with Gasteiger partial charge in [-0.1, -0.05) is 13.8 Å². The second-order valence-electron chi connectivity index (χ2n) is 4.34. The number of aromatic amines is 1. The molecule has 0 aliphatic carbocycles. The first-order valence-corrected chi connectivity index (χ1v) is 7.02. The number of hydrogen-bond acceptors (Lipinski definition) is 3. The number of rotatable bonds is 6. The summed E-state index contributed by atoms with van der Waals surface area (Å²) in [6.07, 6.45) is 2.32. The third-order valence-electron chi connectivity index (χ3n) is 2.38. The van der Waals surface area contributed by atoms with Gasteiger partial charge in [0.15, 0.2) is 0 Å². The highest BCUT2D eigenvalue weighted by atomic mass is 32.2. The van der Waals surface area contributed by atoms with Gasteiger partial charge in [0.2, 0.25) is 10.0 Å². The molecule has 6 heteroatoms. The van der Waals surface area contributed by atoms with Crippen LogP contribution in [0.4, 0.5) is 0 Å². The van der Waals surface area contributed by atoms with Crippen molar-refractivity contribution in [1.82, 2.24) is 14.9 Å². The van der Waals surface area contributed by atoms with Crippen LogP contribution < -0.4 is 4.72 Å². The molecular formula is C10H19N3O2S. The van der Waals surface area contributed by atoms with Gasteiger partial charge in [0.25, 0.3) is 0 Å². The van der Waals surface area contributed by atoms with Crippen LogP contribution in [-0.2, 0) is 16.6 Å². The minimum absolute atomic E-state index is 0.182. The Labute approximate surface area is 96.7 Å². The molecule has 0 unspecified atom stereocenters. The van der Waals surface area contributed by atoms with Crippen LogP contribution in [0.2, 0.25) is 0 Å². The molecule has 0 aromatic carbocycles. The topological polar surface area (TPSA) is 74.8 Å². The van der Waals surface area contributed by atoms with Crippen molar-refractivity contribution in [3.63, 3.8) is 0 Å². The van der Waals surface area contributed by atoms with E-state index in [0.29, 0.717) is 18.9 Å². The number of hydrogen-bond donors (Lipinski definition) is 2. The SMILES string of the molecule is Cc1[nH]ncc1CNS(=O)(=O)CCC(C)C. The second-order valence-corrected chi connectivity index (χ2v) is 6.27. The molecule has 0 amide bonds. The van der Waals surface area contributed by atoms with Crippen LogP contribution >= 0.6 is 0 Å². The molecule has 0 atom stereocenters. The Morgan fingerprint density at radius 2 is 2.19 bits per heavy atom. The summed E-state index contributed by atoms with van der Waals surface area (Å²) in [7, 11) is -3.16. The maximum absolute atomic E-state index is 11.6. The smallest absolute Gasteiger partial charge is 0.211 e. The van der Waals surface area contributed by atoms with Crippen LogP contribution in [0.3, 0.4) is 0 Å². The monoisotopic (exact) mass is 245 g/mol. The highest BCUT2D eigenvalue weighted by molar-refractivity contribution is 7.89. The van der Waals surface area contributed by atoms with Gasteiger partial charge in [0.05, 0.1) is 11.9 Å². The van der Waals surface area contributed by atoms with Crippen LogP contribution in [0.25, 0.3) is 0 Å². The lowest BCUT2D eigenvalue weighted by Crippen LogP contribution is -2.26. The fourth-order valence-electron chi connectivity index (χ4n) is 1.20. The Morgan fingerprint density at radius 1 is 1.50 bits per heavy atom. The largest absolute Gasteiger partial charge is 0.283 e. The summed E-state index contributed by atoms with van der Waals surface area (Å²) in [5.74, 6) is 0.578. The summed E-state index contributed by atoms with van der Waals surface area (Å²) in [6, 6.07) is 0. The molecule has 0 radical (unpaired) electrons. The average Bonchev–Trinajstić information content (AvgIpc) is 2.59. The first-order chi connectivity index (χ1) is 7.41. The second kappa shape index (κ2) is 5.45. The van der Waals surface area contributed by atoms with E-state index < -0.39 is 10.0 Å². The van der Waals surface area contributed by atoms with Crippen LogP contribution in [-0.4, -0.2) is 24.4 Å². The van der Waals surface area contributed by atoms with Gasteiger partial charge in [-0.05, 0) is 19.3 Å².